The lowest BCUT2D eigenvalue weighted by atomic mass is 10.2. The number of rotatable bonds is 6. The van der Waals surface area contributed by atoms with Gasteiger partial charge < -0.3 is 14.6 Å². The van der Waals surface area contributed by atoms with E-state index in [-0.39, 0.29) is 6.10 Å². The lowest BCUT2D eigenvalue weighted by molar-refractivity contribution is -0.0275. The third kappa shape index (κ3) is 3.80. The van der Waals surface area contributed by atoms with Crippen molar-refractivity contribution in [3.8, 4) is 0 Å². The maximum absolute atomic E-state index is 5.92. The van der Waals surface area contributed by atoms with Crippen LogP contribution in [-0.4, -0.2) is 64.0 Å². The van der Waals surface area contributed by atoms with Crippen LogP contribution in [0.15, 0.2) is 30.7 Å². The van der Waals surface area contributed by atoms with Crippen LogP contribution < -0.4 is 4.90 Å². The Morgan fingerprint density at radius 2 is 2.41 bits per heavy atom. The van der Waals surface area contributed by atoms with Crippen molar-refractivity contribution >= 4 is 5.82 Å². The van der Waals surface area contributed by atoms with E-state index in [0.717, 1.165) is 51.0 Å². The second-order valence-electron chi connectivity index (χ2n) is 5.38. The number of likely N-dealkylation sites (N-methyl/N-ethyl adjacent to an activating group) is 1. The summed E-state index contributed by atoms with van der Waals surface area (Å²) in [5.74, 6) is 1.90. The minimum Gasteiger partial charge on any atom is -0.374 e. The number of nitrogens with zero attached hydrogens (tertiary/aromatic N) is 5. The minimum absolute atomic E-state index is 0.172. The molecule has 1 N–H and O–H groups in total. The van der Waals surface area contributed by atoms with E-state index < -0.39 is 0 Å². The average molecular weight is 302 g/mol. The molecule has 0 radical (unpaired) electrons. The van der Waals surface area contributed by atoms with E-state index in [1.807, 2.05) is 18.3 Å². The number of aromatic nitrogens is 4. The molecule has 3 rings (SSSR count). The zero-order valence-electron chi connectivity index (χ0n) is 12.9. The van der Waals surface area contributed by atoms with Crippen LogP contribution in [0.4, 0.5) is 5.82 Å². The Morgan fingerprint density at radius 1 is 1.45 bits per heavy atom. The van der Waals surface area contributed by atoms with Gasteiger partial charge in [0.05, 0.1) is 19.3 Å². The topological polar surface area (TPSA) is 70.2 Å². The summed E-state index contributed by atoms with van der Waals surface area (Å²) in [4.78, 5) is 12.0. The number of nitrogens with one attached hydrogen (secondary N) is 1. The molecular formula is C15H22N6O. The first-order chi connectivity index (χ1) is 10.8. The predicted octanol–water partition coefficient (Wildman–Crippen LogP) is 0.927. The fourth-order valence-electron chi connectivity index (χ4n) is 2.72. The third-order valence-corrected chi connectivity index (χ3v) is 3.84. The summed E-state index contributed by atoms with van der Waals surface area (Å²) >= 11 is 0. The van der Waals surface area contributed by atoms with E-state index in [2.05, 4.69) is 36.9 Å². The summed E-state index contributed by atoms with van der Waals surface area (Å²) in [5, 5.41) is 8.14. The highest BCUT2D eigenvalue weighted by atomic mass is 16.5. The molecule has 0 aliphatic carbocycles. The van der Waals surface area contributed by atoms with Crippen LogP contribution in [0.2, 0.25) is 0 Å². The number of H-pyrrole nitrogens is 1. The van der Waals surface area contributed by atoms with E-state index in [9.17, 15) is 0 Å². The molecule has 22 heavy (non-hydrogen) atoms. The van der Waals surface area contributed by atoms with E-state index in [1.165, 1.54) is 0 Å². The van der Waals surface area contributed by atoms with Crippen molar-refractivity contribution in [1.82, 2.24) is 25.1 Å². The number of aromatic amines is 1. The summed E-state index contributed by atoms with van der Waals surface area (Å²) in [6.45, 7) is 7.26. The van der Waals surface area contributed by atoms with Gasteiger partial charge in [0.1, 0.15) is 5.82 Å². The zero-order valence-corrected chi connectivity index (χ0v) is 12.9. The van der Waals surface area contributed by atoms with Crippen molar-refractivity contribution in [1.29, 1.82) is 0 Å². The molecule has 2 aromatic heterocycles. The van der Waals surface area contributed by atoms with Gasteiger partial charge in [0.25, 0.3) is 0 Å². The molecule has 1 fully saturated rings. The van der Waals surface area contributed by atoms with E-state index in [4.69, 9.17) is 4.74 Å². The van der Waals surface area contributed by atoms with Crippen molar-refractivity contribution in [3.63, 3.8) is 0 Å². The average Bonchev–Trinajstić information content (AvgIpc) is 3.07. The van der Waals surface area contributed by atoms with Crippen LogP contribution in [0.25, 0.3) is 0 Å². The van der Waals surface area contributed by atoms with Crippen LogP contribution in [0.3, 0.4) is 0 Å². The number of morpholine rings is 1. The Bertz CT molecular complexity index is 546. The molecule has 1 aliphatic heterocycles. The lowest BCUT2D eigenvalue weighted by Gasteiger charge is -2.35. The van der Waals surface area contributed by atoms with Gasteiger partial charge in [0, 0.05) is 44.8 Å². The fourth-order valence-corrected chi connectivity index (χ4v) is 2.72. The standard InChI is InChI=1S/C15H22N6O/c1-2-21(15-4-3-5-18-19-15)11-13-10-20(8-9-22-13)12-14-16-6-7-17-14/h3-7,13H,2,8-12H2,1H3,(H,16,17)/t13-/m0/s1. The molecule has 2 aromatic rings. The highest BCUT2D eigenvalue weighted by molar-refractivity contribution is 5.36. The van der Waals surface area contributed by atoms with Crippen molar-refractivity contribution < 1.29 is 4.74 Å². The van der Waals surface area contributed by atoms with Gasteiger partial charge in [0.15, 0.2) is 5.82 Å². The maximum Gasteiger partial charge on any atom is 0.151 e. The number of imidazole rings is 1. The molecule has 1 atom stereocenters. The molecule has 0 bridgehead atoms. The van der Waals surface area contributed by atoms with Crippen molar-refractivity contribution in [3.05, 3.63) is 36.5 Å². The summed E-state index contributed by atoms with van der Waals surface area (Å²) in [7, 11) is 0. The maximum atomic E-state index is 5.92. The van der Waals surface area contributed by atoms with Crippen LogP contribution >= 0.6 is 0 Å². The quantitative estimate of drug-likeness (QED) is 0.856. The predicted molar refractivity (Wildman–Crippen MR) is 83.5 cm³/mol. The SMILES string of the molecule is CCN(C[C@@H]1CN(Cc2ncc[nH]2)CCO1)c1cccnn1. The Labute approximate surface area is 130 Å². The molecule has 1 saturated heterocycles. The Hall–Kier alpha value is -1.99. The molecule has 7 nitrogen and oxygen atoms in total. The second-order valence-corrected chi connectivity index (χ2v) is 5.38. The first-order valence-electron chi connectivity index (χ1n) is 7.70. The first kappa shape index (κ1) is 14.9. The zero-order chi connectivity index (χ0) is 15.2. The molecule has 118 valence electrons. The Kier molecular flexibility index (Phi) is 4.97. The van der Waals surface area contributed by atoms with Crippen LogP contribution in [0.1, 0.15) is 12.7 Å². The van der Waals surface area contributed by atoms with Gasteiger partial charge in [-0.05, 0) is 19.1 Å². The van der Waals surface area contributed by atoms with Crippen LogP contribution in [0, 0.1) is 0 Å². The molecule has 0 spiro atoms. The lowest BCUT2D eigenvalue weighted by Crippen LogP contribution is -2.47. The molecular weight excluding hydrogens is 280 g/mol. The first-order valence-corrected chi connectivity index (χ1v) is 7.70. The number of anilines is 1. The van der Waals surface area contributed by atoms with Gasteiger partial charge in [0.2, 0.25) is 0 Å². The molecule has 0 saturated carbocycles. The smallest absolute Gasteiger partial charge is 0.151 e. The van der Waals surface area contributed by atoms with E-state index >= 15 is 0 Å². The molecule has 7 heteroatoms. The summed E-state index contributed by atoms with van der Waals surface area (Å²) in [5.41, 5.74) is 0. The molecule has 0 amide bonds. The number of ether oxygens (including phenoxy) is 1. The van der Waals surface area contributed by atoms with Gasteiger partial charge in [-0.3, -0.25) is 4.90 Å². The van der Waals surface area contributed by atoms with E-state index in [0.29, 0.717) is 0 Å². The second kappa shape index (κ2) is 7.33. The van der Waals surface area contributed by atoms with Crippen LogP contribution in [-0.2, 0) is 11.3 Å². The Morgan fingerprint density at radius 3 is 3.14 bits per heavy atom. The molecule has 3 heterocycles. The molecule has 1 aliphatic rings. The van der Waals surface area contributed by atoms with Gasteiger partial charge in [-0.25, -0.2) is 4.98 Å². The monoisotopic (exact) mass is 302 g/mol. The summed E-state index contributed by atoms with van der Waals surface area (Å²) in [6, 6.07) is 3.90. The summed E-state index contributed by atoms with van der Waals surface area (Å²) < 4.78 is 5.92. The molecule has 0 aromatic carbocycles. The third-order valence-electron chi connectivity index (χ3n) is 3.84. The highest BCUT2D eigenvalue weighted by Gasteiger charge is 2.23. The highest BCUT2D eigenvalue weighted by Crippen LogP contribution is 2.13. The van der Waals surface area contributed by atoms with Gasteiger partial charge in [-0.1, -0.05) is 0 Å². The van der Waals surface area contributed by atoms with Crippen molar-refractivity contribution in [2.75, 3.05) is 37.7 Å². The minimum atomic E-state index is 0.172. The Balaban J connectivity index is 1.57. The van der Waals surface area contributed by atoms with Crippen LogP contribution in [0.5, 0.6) is 0 Å². The van der Waals surface area contributed by atoms with Gasteiger partial charge in [-0.2, -0.15) is 5.10 Å². The van der Waals surface area contributed by atoms with Crippen molar-refractivity contribution in [2.24, 2.45) is 0 Å². The van der Waals surface area contributed by atoms with Crippen molar-refractivity contribution in [2.45, 2.75) is 19.6 Å². The van der Waals surface area contributed by atoms with E-state index in [1.54, 1.807) is 12.4 Å². The fraction of sp³-hybridized carbons (Fsp3) is 0.533. The van der Waals surface area contributed by atoms with Gasteiger partial charge in [-0.15, -0.1) is 5.10 Å². The largest absolute Gasteiger partial charge is 0.374 e. The number of hydrogen-bond donors (Lipinski definition) is 1. The summed E-state index contributed by atoms with van der Waals surface area (Å²) in [6.07, 6.45) is 5.52. The molecule has 0 unspecified atom stereocenters. The van der Waals surface area contributed by atoms with Gasteiger partial charge >= 0.3 is 0 Å². The normalized spacial score (nSPS) is 19.2. The number of hydrogen-bond acceptors (Lipinski definition) is 6.